The average molecular weight is 303 g/mol. The number of amides is 1. The van der Waals surface area contributed by atoms with Gasteiger partial charge < -0.3 is 5.73 Å². The monoisotopic (exact) mass is 302 g/mol. The van der Waals surface area contributed by atoms with Crippen LogP contribution in [-0.4, -0.2) is 10.9 Å². The van der Waals surface area contributed by atoms with Crippen LogP contribution in [0.1, 0.15) is 15.9 Å². The Labute approximate surface area is 125 Å². The number of fused-ring (bicyclic) bond motifs is 1. The van der Waals surface area contributed by atoms with Gasteiger partial charge in [-0.3, -0.25) is 4.79 Å². The molecule has 1 heterocycles. The highest BCUT2D eigenvalue weighted by Gasteiger charge is 2.13. The van der Waals surface area contributed by atoms with Crippen LogP contribution in [0.2, 0.25) is 5.02 Å². The number of halogens is 1. The molecule has 0 fully saturated rings. The predicted molar refractivity (Wildman–Crippen MR) is 83.3 cm³/mol. The first kappa shape index (κ1) is 13.1. The maximum Gasteiger partial charge on any atom is 0.248 e. The van der Waals surface area contributed by atoms with E-state index in [-0.39, 0.29) is 0 Å². The minimum atomic E-state index is -0.434. The van der Waals surface area contributed by atoms with Crippen molar-refractivity contribution in [3.8, 4) is 10.6 Å². The molecule has 3 nitrogen and oxygen atoms in total. The Hall–Kier alpha value is -1.91. The van der Waals surface area contributed by atoms with Crippen LogP contribution in [0.15, 0.2) is 36.4 Å². The fourth-order valence-electron chi connectivity index (χ4n) is 2.09. The summed E-state index contributed by atoms with van der Waals surface area (Å²) in [6.45, 7) is 2.00. The smallest absolute Gasteiger partial charge is 0.248 e. The molecule has 0 saturated carbocycles. The van der Waals surface area contributed by atoms with Crippen LogP contribution < -0.4 is 5.73 Å². The average Bonchev–Trinajstić information content (AvgIpc) is 2.80. The van der Waals surface area contributed by atoms with E-state index in [1.807, 2.05) is 31.2 Å². The van der Waals surface area contributed by atoms with E-state index in [1.54, 1.807) is 12.1 Å². The standard InChI is InChI=1S/C15H11ClN2OS/c1-8-3-2-4-10(16)13(8)15-18-11-6-5-9(14(17)19)7-12(11)20-15/h2-7H,1H3,(H2,17,19). The maximum absolute atomic E-state index is 11.2. The molecule has 1 amide bonds. The molecule has 0 spiro atoms. The molecule has 20 heavy (non-hydrogen) atoms. The first-order valence-electron chi connectivity index (χ1n) is 6.02. The molecule has 2 aromatic carbocycles. The number of aromatic nitrogens is 1. The van der Waals surface area contributed by atoms with Gasteiger partial charge in [0.2, 0.25) is 5.91 Å². The molecule has 100 valence electrons. The Morgan fingerprint density at radius 1 is 1.30 bits per heavy atom. The number of benzene rings is 2. The van der Waals surface area contributed by atoms with Crippen molar-refractivity contribution < 1.29 is 4.79 Å². The second-order valence-corrected chi connectivity index (χ2v) is 5.94. The Morgan fingerprint density at radius 2 is 2.10 bits per heavy atom. The highest BCUT2D eigenvalue weighted by atomic mass is 35.5. The fourth-order valence-corrected chi connectivity index (χ4v) is 3.58. The molecule has 3 rings (SSSR count). The zero-order chi connectivity index (χ0) is 14.3. The van der Waals surface area contributed by atoms with Gasteiger partial charge in [0.25, 0.3) is 0 Å². The van der Waals surface area contributed by atoms with Gasteiger partial charge in [-0.25, -0.2) is 4.98 Å². The number of carbonyl (C=O) groups is 1. The molecular formula is C15H11ClN2OS. The van der Waals surface area contributed by atoms with E-state index in [4.69, 9.17) is 17.3 Å². The Morgan fingerprint density at radius 3 is 2.80 bits per heavy atom. The predicted octanol–water partition coefficient (Wildman–Crippen LogP) is 4.02. The van der Waals surface area contributed by atoms with Crippen molar-refractivity contribution in [2.45, 2.75) is 6.92 Å². The van der Waals surface area contributed by atoms with Crippen molar-refractivity contribution in [1.82, 2.24) is 4.98 Å². The third kappa shape index (κ3) is 2.17. The third-order valence-corrected chi connectivity index (χ3v) is 4.46. The van der Waals surface area contributed by atoms with E-state index in [1.165, 1.54) is 11.3 Å². The number of hydrogen-bond acceptors (Lipinski definition) is 3. The van der Waals surface area contributed by atoms with Crippen molar-refractivity contribution in [2.75, 3.05) is 0 Å². The lowest BCUT2D eigenvalue weighted by Crippen LogP contribution is -2.10. The van der Waals surface area contributed by atoms with E-state index >= 15 is 0 Å². The second kappa shape index (κ2) is 4.89. The second-order valence-electron chi connectivity index (χ2n) is 4.50. The lowest BCUT2D eigenvalue weighted by atomic mass is 10.1. The van der Waals surface area contributed by atoms with E-state index in [0.717, 1.165) is 26.4 Å². The van der Waals surface area contributed by atoms with Crippen molar-refractivity contribution in [2.24, 2.45) is 5.73 Å². The summed E-state index contributed by atoms with van der Waals surface area (Å²) in [4.78, 5) is 15.8. The van der Waals surface area contributed by atoms with Gasteiger partial charge in [0, 0.05) is 11.1 Å². The van der Waals surface area contributed by atoms with E-state index in [0.29, 0.717) is 10.6 Å². The van der Waals surface area contributed by atoms with Crippen LogP contribution in [0.3, 0.4) is 0 Å². The number of nitrogens with two attached hydrogens (primary N) is 1. The largest absolute Gasteiger partial charge is 0.366 e. The van der Waals surface area contributed by atoms with Crippen LogP contribution in [-0.2, 0) is 0 Å². The molecule has 0 aliphatic carbocycles. The number of nitrogens with zero attached hydrogens (tertiary/aromatic N) is 1. The van der Waals surface area contributed by atoms with Gasteiger partial charge in [-0.2, -0.15) is 0 Å². The molecule has 0 aliphatic heterocycles. The summed E-state index contributed by atoms with van der Waals surface area (Å²) in [6.07, 6.45) is 0. The zero-order valence-electron chi connectivity index (χ0n) is 10.7. The van der Waals surface area contributed by atoms with E-state index in [2.05, 4.69) is 4.98 Å². The van der Waals surface area contributed by atoms with Gasteiger partial charge >= 0.3 is 0 Å². The zero-order valence-corrected chi connectivity index (χ0v) is 12.3. The van der Waals surface area contributed by atoms with Gasteiger partial charge in [-0.15, -0.1) is 11.3 Å². The summed E-state index contributed by atoms with van der Waals surface area (Å²) < 4.78 is 0.926. The first-order chi connectivity index (χ1) is 9.56. The summed E-state index contributed by atoms with van der Waals surface area (Å²) >= 11 is 7.77. The topological polar surface area (TPSA) is 56.0 Å². The van der Waals surface area contributed by atoms with Crippen LogP contribution in [0, 0.1) is 6.92 Å². The number of thiazole rings is 1. The molecular weight excluding hydrogens is 292 g/mol. The molecule has 0 unspecified atom stereocenters. The normalized spacial score (nSPS) is 10.9. The number of carbonyl (C=O) groups excluding carboxylic acids is 1. The van der Waals surface area contributed by atoms with Gasteiger partial charge in [-0.05, 0) is 36.8 Å². The van der Waals surface area contributed by atoms with Gasteiger partial charge in [0.05, 0.1) is 15.2 Å². The van der Waals surface area contributed by atoms with Crippen molar-refractivity contribution in [1.29, 1.82) is 0 Å². The summed E-state index contributed by atoms with van der Waals surface area (Å²) in [7, 11) is 0. The Kier molecular flexibility index (Phi) is 3.20. The van der Waals surface area contributed by atoms with Gasteiger partial charge in [0.15, 0.2) is 0 Å². The van der Waals surface area contributed by atoms with Crippen molar-refractivity contribution >= 4 is 39.1 Å². The third-order valence-electron chi connectivity index (χ3n) is 3.11. The number of hydrogen-bond donors (Lipinski definition) is 1. The van der Waals surface area contributed by atoms with Crippen LogP contribution >= 0.6 is 22.9 Å². The van der Waals surface area contributed by atoms with Gasteiger partial charge in [0.1, 0.15) is 5.01 Å². The summed E-state index contributed by atoms with van der Waals surface area (Å²) in [5.41, 5.74) is 8.64. The molecule has 0 atom stereocenters. The van der Waals surface area contributed by atoms with E-state index < -0.39 is 5.91 Å². The van der Waals surface area contributed by atoms with Crippen LogP contribution in [0.4, 0.5) is 0 Å². The minimum Gasteiger partial charge on any atom is -0.366 e. The lowest BCUT2D eigenvalue weighted by molar-refractivity contribution is 0.100. The van der Waals surface area contributed by atoms with Crippen molar-refractivity contribution in [3.63, 3.8) is 0 Å². The van der Waals surface area contributed by atoms with Crippen LogP contribution in [0.25, 0.3) is 20.8 Å². The number of rotatable bonds is 2. The Balaban J connectivity index is 2.21. The maximum atomic E-state index is 11.2. The molecule has 0 saturated heterocycles. The minimum absolute atomic E-state index is 0.434. The molecule has 3 aromatic rings. The summed E-state index contributed by atoms with van der Waals surface area (Å²) in [5.74, 6) is -0.434. The van der Waals surface area contributed by atoms with Crippen LogP contribution in [0.5, 0.6) is 0 Å². The quantitative estimate of drug-likeness (QED) is 0.777. The molecule has 0 bridgehead atoms. The highest BCUT2D eigenvalue weighted by molar-refractivity contribution is 7.21. The Bertz CT molecular complexity index is 806. The number of aryl methyl sites for hydroxylation is 1. The summed E-state index contributed by atoms with van der Waals surface area (Å²) in [5, 5.41) is 1.53. The molecule has 1 aromatic heterocycles. The van der Waals surface area contributed by atoms with E-state index in [9.17, 15) is 4.79 Å². The molecule has 0 aliphatic rings. The highest BCUT2D eigenvalue weighted by Crippen LogP contribution is 2.36. The summed E-state index contributed by atoms with van der Waals surface area (Å²) in [6, 6.07) is 11.0. The number of primary amides is 1. The molecule has 2 N–H and O–H groups in total. The van der Waals surface area contributed by atoms with Crippen molar-refractivity contribution in [3.05, 3.63) is 52.5 Å². The molecule has 5 heteroatoms. The van der Waals surface area contributed by atoms with Gasteiger partial charge in [-0.1, -0.05) is 23.7 Å². The molecule has 0 radical (unpaired) electrons. The fraction of sp³-hybridized carbons (Fsp3) is 0.0667. The SMILES string of the molecule is Cc1cccc(Cl)c1-c1nc2ccc(C(N)=O)cc2s1. The first-order valence-corrected chi connectivity index (χ1v) is 7.21. The lowest BCUT2D eigenvalue weighted by Gasteiger charge is -2.03.